The Balaban J connectivity index is 2.09. The Labute approximate surface area is 107 Å². The Hall–Kier alpha value is -2.40. The molecule has 2 rings (SSSR count). The fourth-order valence-corrected chi connectivity index (χ4v) is 1.97. The van der Waals surface area contributed by atoms with Crippen molar-refractivity contribution in [3.63, 3.8) is 0 Å². The number of nitrogens with zero attached hydrogens (tertiary/aromatic N) is 5. The van der Waals surface area contributed by atoms with Crippen LogP contribution in [0.1, 0.15) is 11.4 Å². The van der Waals surface area contributed by atoms with Crippen molar-refractivity contribution in [2.45, 2.75) is 10.8 Å². The molecular formula is C10H9N7S. The Kier molecular flexibility index (Phi) is 3.54. The molecule has 0 spiro atoms. The summed E-state index contributed by atoms with van der Waals surface area (Å²) in [7, 11) is 0. The lowest BCUT2D eigenvalue weighted by Gasteiger charge is -2.02. The van der Waals surface area contributed by atoms with Gasteiger partial charge in [-0.1, -0.05) is 11.8 Å². The summed E-state index contributed by atoms with van der Waals surface area (Å²) in [6, 6.07) is 5.38. The van der Waals surface area contributed by atoms with E-state index in [4.69, 9.17) is 16.7 Å². The maximum atomic E-state index is 8.77. The summed E-state index contributed by atoms with van der Waals surface area (Å²) in [6.07, 6.45) is 1.58. The van der Waals surface area contributed by atoms with Gasteiger partial charge >= 0.3 is 0 Å². The fraction of sp³-hybridized carbons (Fsp3) is 0.100. The molecule has 0 aliphatic heterocycles. The van der Waals surface area contributed by atoms with Crippen molar-refractivity contribution in [3.05, 3.63) is 29.7 Å². The highest BCUT2D eigenvalue weighted by molar-refractivity contribution is 7.98. The summed E-state index contributed by atoms with van der Waals surface area (Å²) in [5.41, 5.74) is 11.5. The van der Waals surface area contributed by atoms with Crippen LogP contribution in [0.4, 0.5) is 11.9 Å². The molecule has 2 aromatic rings. The molecular weight excluding hydrogens is 250 g/mol. The summed E-state index contributed by atoms with van der Waals surface area (Å²) < 4.78 is 0. The molecule has 0 unspecified atom stereocenters. The minimum atomic E-state index is 0.0943. The smallest absolute Gasteiger partial charge is 0.225 e. The largest absolute Gasteiger partial charge is 0.368 e. The molecule has 0 aliphatic carbocycles. The van der Waals surface area contributed by atoms with E-state index >= 15 is 0 Å². The molecule has 0 saturated carbocycles. The first-order valence-corrected chi connectivity index (χ1v) is 5.91. The second-order valence-corrected chi connectivity index (χ2v) is 4.25. The predicted molar refractivity (Wildman–Crippen MR) is 67.2 cm³/mol. The van der Waals surface area contributed by atoms with Crippen LogP contribution < -0.4 is 11.5 Å². The van der Waals surface area contributed by atoms with E-state index < -0.39 is 0 Å². The van der Waals surface area contributed by atoms with Gasteiger partial charge in [0.1, 0.15) is 5.82 Å². The molecule has 0 bridgehead atoms. The molecule has 18 heavy (non-hydrogen) atoms. The second kappa shape index (κ2) is 5.29. The van der Waals surface area contributed by atoms with Gasteiger partial charge in [0, 0.05) is 6.20 Å². The maximum Gasteiger partial charge on any atom is 0.225 e. The predicted octanol–water partition coefficient (Wildman–Crippen LogP) is 0.595. The first kappa shape index (κ1) is 12.1. The summed E-state index contributed by atoms with van der Waals surface area (Å²) >= 11 is 1.39. The van der Waals surface area contributed by atoms with Crippen molar-refractivity contribution in [2.24, 2.45) is 0 Å². The third kappa shape index (κ3) is 3.05. The number of aromatic nitrogens is 4. The van der Waals surface area contributed by atoms with Gasteiger partial charge in [-0.25, -0.2) is 4.98 Å². The highest BCUT2D eigenvalue weighted by Crippen LogP contribution is 2.20. The van der Waals surface area contributed by atoms with Crippen molar-refractivity contribution in [3.8, 4) is 6.07 Å². The molecule has 0 fully saturated rings. The van der Waals surface area contributed by atoms with E-state index in [0.29, 0.717) is 22.2 Å². The van der Waals surface area contributed by atoms with Crippen LogP contribution in [-0.4, -0.2) is 19.9 Å². The highest BCUT2D eigenvalue weighted by Gasteiger charge is 2.04. The monoisotopic (exact) mass is 259 g/mol. The van der Waals surface area contributed by atoms with Gasteiger partial charge < -0.3 is 11.5 Å². The van der Waals surface area contributed by atoms with Gasteiger partial charge in [-0.2, -0.15) is 20.2 Å². The number of anilines is 2. The quantitative estimate of drug-likeness (QED) is 0.767. The summed E-state index contributed by atoms with van der Waals surface area (Å²) in [6.45, 7) is 0. The fourth-order valence-electron chi connectivity index (χ4n) is 1.22. The molecule has 0 aliphatic rings. The molecule has 2 heterocycles. The Bertz CT molecular complexity index is 587. The lowest BCUT2D eigenvalue weighted by Crippen LogP contribution is -2.06. The maximum absolute atomic E-state index is 8.77. The summed E-state index contributed by atoms with van der Waals surface area (Å²) in [5.74, 6) is 1.13. The average Bonchev–Trinajstić information content (AvgIpc) is 2.35. The number of thioether (sulfide) groups is 1. The summed E-state index contributed by atoms with van der Waals surface area (Å²) in [4.78, 5) is 15.7. The minimum Gasteiger partial charge on any atom is -0.368 e. The molecule has 7 nitrogen and oxygen atoms in total. The molecule has 0 aromatic carbocycles. The van der Waals surface area contributed by atoms with Gasteiger partial charge in [0.05, 0.1) is 22.4 Å². The lowest BCUT2D eigenvalue weighted by molar-refractivity contribution is 0.985. The number of nitrogen functional groups attached to an aromatic ring is 2. The van der Waals surface area contributed by atoms with Crippen LogP contribution in [0, 0.1) is 11.3 Å². The average molecular weight is 259 g/mol. The normalized spacial score (nSPS) is 9.94. The van der Waals surface area contributed by atoms with Crippen molar-refractivity contribution in [2.75, 3.05) is 11.5 Å². The van der Waals surface area contributed by atoms with E-state index in [-0.39, 0.29) is 11.9 Å². The topological polar surface area (TPSA) is 127 Å². The van der Waals surface area contributed by atoms with Gasteiger partial charge in [0.2, 0.25) is 11.9 Å². The first-order valence-electron chi connectivity index (χ1n) is 4.92. The molecule has 0 radical (unpaired) electrons. The number of pyridine rings is 1. The van der Waals surface area contributed by atoms with E-state index in [2.05, 4.69) is 19.9 Å². The molecule has 0 atom stereocenters. The van der Waals surface area contributed by atoms with Gasteiger partial charge in [-0.05, 0) is 12.1 Å². The van der Waals surface area contributed by atoms with Crippen LogP contribution in [0.3, 0.4) is 0 Å². The lowest BCUT2D eigenvalue weighted by atomic mass is 10.3. The van der Waals surface area contributed by atoms with E-state index in [1.165, 1.54) is 11.8 Å². The molecule has 0 amide bonds. The highest BCUT2D eigenvalue weighted by atomic mass is 32.2. The Morgan fingerprint density at radius 3 is 2.61 bits per heavy atom. The molecule has 4 N–H and O–H groups in total. The zero-order chi connectivity index (χ0) is 13.0. The Morgan fingerprint density at radius 2 is 1.94 bits per heavy atom. The van der Waals surface area contributed by atoms with Crippen molar-refractivity contribution in [1.82, 2.24) is 19.9 Å². The molecule has 2 aromatic heterocycles. The van der Waals surface area contributed by atoms with Gasteiger partial charge in [-0.3, -0.25) is 0 Å². The van der Waals surface area contributed by atoms with Crippen molar-refractivity contribution >= 4 is 23.7 Å². The number of hydrogen-bond acceptors (Lipinski definition) is 8. The van der Waals surface area contributed by atoms with E-state index in [1.807, 2.05) is 6.07 Å². The number of nitrogens with two attached hydrogens (primary N) is 2. The third-order valence-corrected chi connectivity index (χ3v) is 2.85. The van der Waals surface area contributed by atoms with E-state index in [1.54, 1.807) is 18.3 Å². The van der Waals surface area contributed by atoms with Crippen LogP contribution in [0.25, 0.3) is 0 Å². The number of nitriles is 1. The minimum absolute atomic E-state index is 0.0943. The zero-order valence-corrected chi connectivity index (χ0v) is 10.1. The SMILES string of the molecule is N#Cc1ccnc(SCc2nc(N)nc(N)n2)c1. The second-order valence-electron chi connectivity index (χ2n) is 3.25. The van der Waals surface area contributed by atoms with Crippen LogP contribution in [-0.2, 0) is 5.75 Å². The van der Waals surface area contributed by atoms with E-state index in [0.717, 1.165) is 0 Å². The van der Waals surface area contributed by atoms with E-state index in [9.17, 15) is 0 Å². The van der Waals surface area contributed by atoms with Crippen LogP contribution >= 0.6 is 11.8 Å². The third-order valence-electron chi connectivity index (χ3n) is 1.93. The molecule has 8 heteroatoms. The van der Waals surface area contributed by atoms with Crippen LogP contribution in [0.15, 0.2) is 23.4 Å². The number of rotatable bonds is 3. The standard InChI is InChI=1S/C10H9N7S/c11-4-6-1-2-14-8(3-6)18-5-7-15-9(12)17-10(13)16-7/h1-3H,5H2,(H4,12,13,15,16,17). The first-order chi connectivity index (χ1) is 8.67. The zero-order valence-electron chi connectivity index (χ0n) is 9.24. The van der Waals surface area contributed by atoms with Crippen LogP contribution in [0.2, 0.25) is 0 Å². The Morgan fingerprint density at radius 1 is 1.22 bits per heavy atom. The number of hydrogen-bond donors (Lipinski definition) is 2. The summed E-state index contributed by atoms with van der Waals surface area (Å²) in [5, 5.41) is 9.48. The van der Waals surface area contributed by atoms with Gasteiger partial charge in [-0.15, -0.1) is 0 Å². The van der Waals surface area contributed by atoms with Gasteiger partial charge in [0.25, 0.3) is 0 Å². The van der Waals surface area contributed by atoms with Crippen molar-refractivity contribution < 1.29 is 0 Å². The molecule has 0 saturated heterocycles. The van der Waals surface area contributed by atoms with Crippen molar-refractivity contribution in [1.29, 1.82) is 5.26 Å². The van der Waals surface area contributed by atoms with Crippen LogP contribution in [0.5, 0.6) is 0 Å². The molecule has 90 valence electrons. The van der Waals surface area contributed by atoms with Gasteiger partial charge in [0.15, 0.2) is 0 Å².